The maximum atomic E-state index is 10.5. The number of anilines is 1. The van der Waals surface area contributed by atoms with Gasteiger partial charge in [-0.1, -0.05) is 11.6 Å². The molecule has 0 saturated carbocycles. The van der Waals surface area contributed by atoms with E-state index in [0.717, 1.165) is 6.33 Å². The summed E-state index contributed by atoms with van der Waals surface area (Å²) >= 11 is 5.32. The quantitative estimate of drug-likeness (QED) is 0.413. The van der Waals surface area contributed by atoms with Crippen molar-refractivity contribution in [3.63, 3.8) is 0 Å². The van der Waals surface area contributed by atoms with Crippen LogP contribution in [0.1, 0.15) is 0 Å². The molecule has 1 aromatic heterocycles. The van der Waals surface area contributed by atoms with E-state index in [9.17, 15) is 5.11 Å². The minimum atomic E-state index is -0.538. The van der Waals surface area contributed by atoms with Crippen molar-refractivity contribution in [2.75, 3.05) is 5.73 Å². The van der Waals surface area contributed by atoms with E-state index in [-0.39, 0.29) is 40.4 Å². The number of rotatable bonds is 0. The summed E-state index contributed by atoms with van der Waals surface area (Å²) in [5.74, 6) is -0.513. The van der Waals surface area contributed by atoms with Gasteiger partial charge in [-0.25, -0.2) is 4.98 Å². The first-order valence-corrected chi connectivity index (χ1v) is 2.52. The van der Waals surface area contributed by atoms with Crippen LogP contribution >= 0.6 is 11.6 Å². The van der Waals surface area contributed by atoms with E-state index < -0.39 is 5.88 Å². The molecule has 0 radical (unpaired) electrons. The molecule has 0 spiro atoms. The molecule has 10 heavy (non-hydrogen) atoms. The predicted octanol–water partition coefficient (Wildman–Crippen LogP) is -3.21. The summed E-state index contributed by atoms with van der Waals surface area (Å²) in [5.41, 5.74) is 5.14. The molecule has 6 heteroatoms. The normalized spacial score (nSPS) is 8.50. The molecule has 0 aliphatic rings. The van der Waals surface area contributed by atoms with Crippen molar-refractivity contribution in [3.8, 4) is 5.88 Å². The van der Waals surface area contributed by atoms with E-state index in [1.807, 2.05) is 0 Å². The zero-order chi connectivity index (χ0) is 6.85. The maximum Gasteiger partial charge on any atom is 1.00 e. The Hall–Kier alpha value is -0.0300. The van der Waals surface area contributed by atoms with Crippen molar-refractivity contribution in [2.45, 2.75) is 0 Å². The maximum absolute atomic E-state index is 10.5. The molecule has 0 bridgehead atoms. The first-order valence-electron chi connectivity index (χ1n) is 2.15. The molecule has 0 aromatic carbocycles. The molecule has 4 nitrogen and oxygen atoms in total. The minimum absolute atomic E-state index is 0. The summed E-state index contributed by atoms with van der Waals surface area (Å²) in [6.07, 6.45) is 1.07. The van der Waals surface area contributed by atoms with Crippen molar-refractivity contribution >= 4 is 17.4 Å². The van der Waals surface area contributed by atoms with Crippen LogP contribution < -0.4 is 40.4 Å². The van der Waals surface area contributed by atoms with Gasteiger partial charge in [-0.05, 0) is 0 Å². The van der Waals surface area contributed by atoms with Crippen LogP contribution in [-0.4, -0.2) is 9.97 Å². The van der Waals surface area contributed by atoms with Gasteiger partial charge in [0.2, 0.25) is 0 Å². The predicted molar refractivity (Wildman–Crippen MR) is 30.9 cm³/mol. The van der Waals surface area contributed by atoms with Crippen molar-refractivity contribution in [2.24, 2.45) is 0 Å². The Kier molecular flexibility index (Phi) is 3.96. The van der Waals surface area contributed by atoms with Crippen molar-refractivity contribution < 1.29 is 34.7 Å². The van der Waals surface area contributed by atoms with Gasteiger partial charge in [-0.15, -0.1) is 0 Å². The number of nitrogens with two attached hydrogens (primary N) is 1. The summed E-state index contributed by atoms with van der Waals surface area (Å²) in [6, 6.07) is 0. The van der Waals surface area contributed by atoms with E-state index >= 15 is 0 Å². The van der Waals surface area contributed by atoms with Crippen molar-refractivity contribution in [1.82, 2.24) is 9.97 Å². The second kappa shape index (κ2) is 3.98. The van der Waals surface area contributed by atoms with Gasteiger partial charge in [-0.2, -0.15) is 0 Å². The molecule has 0 saturated heterocycles. The van der Waals surface area contributed by atoms with Gasteiger partial charge in [0, 0.05) is 5.88 Å². The van der Waals surface area contributed by atoms with Crippen LogP contribution in [0.3, 0.4) is 0 Å². The third-order valence-corrected chi connectivity index (χ3v) is 1.14. The zero-order valence-electron chi connectivity index (χ0n) is 5.34. The smallest absolute Gasteiger partial charge is 0.857 e. The van der Waals surface area contributed by atoms with Gasteiger partial charge < -0.3 is 10.8 Å². The molecular weight excluding hydrogens is 165 g/mol. The van der Waals surface area contributed by atoms with E-state index in [4.69, 9.17) is 17.3 Å². The Bertz CT molecular complexity index is 211. The molecule has 1 aromatic rings. The number of aromatic nitrogens is 2. The molecule has 0 fully saturated rings. The fourth-order valence-electron chi connectivity index (χ4n) is 0.366. The monoisotopic (exact) mass is 167 g/mol. The van der Waals surface area contributed by atoms with E-state index in [1.54, 1.807) is 0 Å². The van der Waals surface area contributed by atoms with Gasteiger partial charge in [0.15, 0.2) is 0 Å². The van der Waals surface area contributed by atoms with E-state index in [0.29, 0.717) is 0 Å². The fourth-order valence-corrected chi connectivity index (χ4v) is 0.464. The third kappa shape index (κ3) is 1.98. The summed E-state index contributed by atoms with van der Waals surface area (Å²) in [7, 11) is 0. The van der Waals surface area contributed by atoms with Gasteiger partial charge in [-0.3, -0.25) is 4.98 Å². The standard InChI is InChI=1S/C4H4ClN3O.Na/c5-2-3(6)7-1-8-4(2)9;/h1H,(H3,6,7,8,9);/q;+1/p-1. The first-order chi connectivity index (χ1) is 4.22. The second-order valence-corrected chi connectivity index (χ2v) is 1.76. The molecule has 1 heterocycles. The molecule has 0 aliphatic heterocycles. The van der Waals surface area contributed by atoms with Crippen LogP contribution in [0.2, 0.25) is 5.02 Å². The Morgan fingerprint density at radius 3 is 2.50 bits per heavy atom. The van der Waals surface area contributed by atoms with Crippen molar-refractivity contribution in [3.05, 3.63) is 11.3 Å². The second-order valence-electron chi connectivity index (χ2n) is 1.38. The van der Waals surface area contributed by atoms with Crippen LogP contribution in [0.25, 0.3) is 0 Å². The van der Waals surface area contributed by atoms with Crippen LogP contribution in [-0.2, 0) is 0 Å². The number of nitrogens with zero attached hydrogens (tertiary/aromatic N) is 2. The molecule has 48 valence electrons. The van der Waals surface area contributed by atoms with Crippen molar-refractivity contribution in [1.29, 1.82) is 0 Å². The molecule has 0 amide bonds. The molecule has 0 aliphatic carbocycles. The molecule has 1 rings (SSSR count). The van der Waals surface area contributed by atoms with Crippen LogP contribution in [0, 0.1) is 0 Å². The Balaban J connectivity index is 0.000000810. The average Bonchev–Trinajstić information content (AvgIpc) is 1.83. The summed E-state index contributed by atoms with van der Waals surface area (Å²) in [6.45, 7) is 0. The third-order valence-electron chi connectivity index (χ3n) is 0.784. The minimum Gasteiger partial charge on any atom is -0.857 e. The average molecular weight is 168 g/mol. The summed E-state index contributed by atoms with van der Waals surface area (Å²) in [5, 5.41) is 10.4. The summed E-state index contributed by atoms with van der Waals surface area (Å²) < 4.78 is 0. The van der Waals surface area contributed by atoms with Crippen LogP contribution in [0.5, 0.6) is 5.88 Å². The topological polar surface area (TPSA) is 74.9 Å². The zero-order valence-corrected chi connectivity index (χ0v) is 8.09. The van der Waals surface area contributed by atoms with Gasteiger partial charge in [0.05, 0.1) is 5.02 Å². The first kappa shape index (κ1) is 9.97. The molecule has 0 atom stereocenters. The SMILES string of the molecule is Nc1ncnc([O-])c1Cl.[Na+]. The number of hydrogen-bond donors (Lipinski definition) is 1. The molecular formula is C4H3ClN3NaO. The van der Waals surface area contributed by atoms with Gasteiger partial charge >= 0.3 is 29.6 Å². The molecule has 2 N–H and O–H groups in total. The van der Waals surface area contributed by atoms with E-state index in [1.165, 1.54) is 0 Å². The van der Waals surface area contributed by atoms with Gasteiger partial charge in [0.1, 0.15) is 12.1 Å². The largest absolute Gasteiger partial charge is 1.00 e. The molecule has 0 unspecified atom stereocenters. The Labute approximate surface area is 84.7 Å². The van der Waals surface area contributed by atoms with Crippen LogP contribution in [0.15, 0.2) is 6.33 Å². The number of halogens is 1. The summed E-state index contributed by atoms with van der Waals surface area (Å²) in [4.78, 5) is 6.74. The Morgan fingerprint density at radius 2 is 2.10 bits per heavy atom. The van der Waals surface area contributed by atoms with E-state index in [2.05, 4.69) is 9.97 Å². The van der Waals surface area contributed by atoms with Crippen LogP contribution in [0.4, 0.5) is 5.82 Å². The Morgan fingerprint density at radius 1 is 1.50 bits per heavy atom. The number of hydrogen-bond acceptors (Lipinski definition) is 4. The van der Waals surface area contributed by atoms with Gasteiger partial charge in [0.25, 0.3) is 0 Å². The number of nitrogen functional groups attached to an aromatic ring is 1. The fraction of sp³-hybridized carbons (Fsp3) is 0.